The van der Waals surface area contributed by atoms with Crippen LogP contribution in [-0.4, -0.2) is 32.8 Å². The third-order valence-electron chi connectivity index (χ3n) is 3.64. The molecule has 0 radical (unpaired) electrons. The predicted octanol–water partition coefficient (Wildman–Crippen LogP) is 3.92. The molecule has 0 saturated carbocycles. The Morgan fingerprint density at radius 1 is 1.35 bits per heavy atom. The van der Waals surface area contributed by atoms with Gasteiger partial charge in [0, 0.05) is 16.4 Å². The fourth-order valence-electron chi connectivity index (χ4n) is 2.18. The Bertz CT molecular complexity index is 815. The molecule has 2 heterocycles. The summed E-state index contributed by atoms with van der Waals surface area (Å²) in [5.41, 5.74) is 1.18. The van der Waals surface area contributed by atoms with E-state index < -0.39 is 0 Å². The van der Waals surface area contributed by atoms with Crippen molar-refractivity contribution in [1.29, 1.82) is 0 Å². The van der Waals surface area contributed by atoms with Gasteiger partial charge in [-0.15, -0.1) is 16.4 Å². The molecule has 1 amide bonds. The SMILES string of the molecule is C[C@H](c1cccs1)N(C)C(=O)c1cn(-c2cccc(Br)c2)nn1. The Morgan fingerprint density at radius 3 is 2.87 bits per heavy atom. The van der Waals surface area contributed by atoms with Gasteiger partial charge in [-0.3, -0.25) is 4.79 Å². The zero-order valence-electron chi connectivity index (χ0n) is 12.7. The zero-order chi connectivity index (χ0) is 16.4. The number of rotatable bonds is 4. The summed E-state index contributed by atoms with van der Waals surface area (Å²) in [5, 5.41) is 10.1. The van der Waals surface area contributed by atoms with Crippen LogP contribution in [0.25, 0.3) is 5.69 Å². The lowest BCUT2D eigenvalue weighted by molar-refractivity contribution is 0.0739. The van der Waals surface area contributed by atoms with Crippen LogP contribution in [0.1, 0.15) is 28.3 Å². The molecular formula is C16H15BrN4OS. The second-order valence-electron chi connectivity index (χ2n) is 5.14. The van der Waals surface area contributed by atoms with Crippen LogP contribution in [0.2, 0.25) is 0 Å². The first kappa shape index (κ1) is 15.9. The van der Waals surface area contributed by atoms with Crippen molar-refractivity contribution in [2.75, 3.05) is 7.05 Å². The highest BCUT2D eigenvalue weighted by Crippen LogP contribution is 2.24. The fourth-order valence-corrected chi connectivity index (χ4v) is 3.40. The van der Waals surface area contributed by atoms with Gasteiger partial charge >= 0.3 is 0 Å². The highest BCUT2D eigenvalue weighted by Gasteiger charge is 2.22. The second-order valence-corrected chi connectivity index (χ2v) is 7.03. The minimum atomic E-state index is -0.146. The summed E-state index contributed by atoms with van der Waals surface area (Å²) in [7, 11) is 1.78. The van der Waals surface area contributed by atoms with Crippen LogP contribution < -0.4 is 0 Å². The number of aromatic nitrogens is 3. The monoisotopic (exact) mass is 390 g/mol. The van der Waals surface area contributed by atoms with Gasteiger partial charge in [0.1, 0.15) is 0 Å². The van der Waals surface area contributed by atoms with E-state index in [2.05, 4.69) is 26.2 Å². The molecule has 0 fully saturated rings. The molecule has 0 aliphatic carbocycles. The van der Waals surface area contributed by atoms with E-state index in [4.69, 9.17) is 0 Å². The minimum Gasteiger partial charge on any atom is -0.333 e. The average Bonchev–Trinajstić information content (AvgIpc) is 3.24. The van der Waals surface area contributed by atoms with Crippen molar-refractivity contribution < 1.29 is 4.79 Å². The third-order valence-corrected chi connectivity index (χ3v) is 5.18. The lowest BCUT2D eigenvalue weighted by Crippen LogP contribution is -2.29. The van der Waals surface area contributed by atoms with Gasteiger partial charge in [-0.1, -0.05) is 33.3 Å². The van der Waals surface area contributed by atoms with E-state index in [1.165, 1.54) is 0 Å². The quantitative estimate of drug-likeness (QED) is 0.677. The zero-order valence-corrected chi connectivity index (χ0v) is 15.1. The number of hydrogen-bond acceptors (Lipinski definition) is 4. The molecule has 0 bridgehead atoms. The van der Waals surface area contributed by atoms with Crippen molar-refractivity contribution >= 4 is 33.2 Å². The Morgan fingerprint density at radius 2 is 2.17 bits per heavy atom. The van der Waals surface area contributed by atoms with E-state index in [9.17, 15) is 4.79 Å². The van der Waals surface area contributed by atoms with Crippen LogP contribution in [-0.2, 0) is 0 Å². The van der Waals surface area contributed by atoms with E-state index in [-0.39, 0.29) is 11.9 Å². The summed E-state index contributed by atoms with van der Waals surface area (Å²) < 4.78 is 2.54. The molecule has 1 aromatic carbocycles. The van der Waals surface area contributed by atoms with Crippen molar-refractivity contribution in [3.63, 3.8) is 0 Å². The van der Waals surface area contributed by atoms with Crippen molar-refractivity contribution in [3.8, 4) is 5.69 Å². The number of carbonyl (C=O) groups excluding carboxylic acids is 1. The summed E-state index contributed by atoms with van der Waals surface area (Å²) in [4.78, 5) is 15.4. The minimum absolute atomic E-state index is 0.00137. The smallest absolute Gasteiger partial charge is 0.276 e. The highest BCUT2D eigenvalue weighted by atomic mass is 79.9. The lowest BCUT2D eigenvalue weighted by Gasteiger charge is -2.22. The third kappa shape index (κ3) is 3.35. The molecular weight excluding hydrogens is 376 g/mol. The molecule has 0 aliphatic heterocycles. The van der Waals surface area contributed by atoms with E-state index >= 15 is 0 Å². The number of amides is 1. The number of thiophene rings is 1. The average molecular weight is 391 g/mol. The molecule has 23 heavy (non-hydrogen) atoms. The van der Waals surface area contributed by atoms with Gasteiger partial charge in [-0.05, 0) is 36.6 Å². The normalized spacial score (nSPS) is 12.1. The van der Waals surface area contributed by atoms with Gasteiger partial charge in [0.25, 0.3) is 5.91 Å². The van der Waals surface area contributed by atoms with Crippen molar-refractivity contribution in [1.82, 2.24) is 19.9 Å². The summed E-state index contributed by atoms with van der Waals surface area (Å²) >= 11 is 5.06. The molecule has 5 nitrogen and oxygen atoms in total. The van der Waals surface area contributed by atoms with Gasteiger partial charge in [0.2, 0.25) is 0 Å². The van der Waals surface area contributed by atoms with E-state index in [1.54, 1.807) is 34.2 Å². The van der Waals surface area contributed by atoms with Crippen LogP contribution >= 0.6 is 27.3 Å². The van der Waals surface area contributed by atoms with Crippen LogP contribution in [0.4, 0.5) is 0 Å². The summed E-state index contributed by atoms with van der Waals surface area (Å²) in [6, 6.07) is 11.7. The molecule has 0 N–H and O–H groups in total. The number of nitrogens with zero attached hydrogens (tertiary/aromatic N) is 4. The molecule has 7 heteroatoms. The Balaban J connectivity index is 1.81. The molecule has 2 aromatic heterocycles. The Kier molecular flexibility index (Phi) is 4.58. The summed E-state index contributed by atoms with van der Waals surface area (Å²) in [6.07, 6.45) is 1.65. The first-order chi connectivity index (χ1) is 11.1. The predicted molar refractivity (Wildman–Crippen MR) is 93.9 cm³/mol. The van der Waals surface area contributed by atoms with Crippen LogP contribution in [0.15, 0.2) is 52.4 Å². The van der Waals surface area contributed by atoms with Gasteiger partial charge in [-0.25, -0.2) is 4.68 Å². The van der Waals surface area contributed by atoms with E-state index in [0.717, 1.165) is 15.0 Å². The fraction of sp³-hybridized carbons (Fsp3) is 0.188. The maximum atomic E-state index is 12.6. The van der Waals surface area contributed by atoms with Crippen LogP contribution in [0.5, 0.6) is 0 Å². The lowest BCUT2D eigenvalue weighted by atomic mass is 10.2. The van der Waals surface area contributed by atoms with Gasteiger partial charge < -0.3 is 4.90 Å². The molecule has 3 rings (SSSR count). The van der Waals surface area contributed by atoms with Gasteiger partial charge in [0.05, 0.1) is 17.9 Å². The van der Waals surface area contributed by atoms with Crippen LogP contribution in [0, 0.1) is 0 Å². The maximum absolute atomic E-state index is 12.6. The standard InChI is InChI=1S/C16H15BrN4OS/c1-11(15-7-4-8-23-15)20(2)16(22)14-10-21(19-18-14)13-6-3-5-12(17)9-13/h3-11H,1-2H3/t11-/m1/s1. The topological polar surface area (TPSA) is 51.0 Å². The summed E-state index contributed by atoms with van der Waals surface area (Å²) in [5.74, 6) is -0.146. The van der Waals surface area contributed by atoms with Crippen molar-refractivity contribution in [3.05, 3.63) is 63.0 Å². The molecule has 0 spiro atoms. The Hall–Kier alpha value is -1.99. The maximum Gasteiger partial charge on any atom is 0.276 e. The molecule has 0 aliphatic rings. The van der Waals surface area contributed by atoms with Crippen LogP contribution in [0.3, 0.4) is 0 Å². The van der Waals surface area contributed by atoms with E-state index in [1.807, 2.05) is 48.7 Å². The molecule has 1 atom stereocenters. The van der Waals surface area contributed by atoms with Crippen molar-refractivity contribution in [2.45, 2.75) is 13.0 Å². The largest absolute Gasteiger partial charge is 0.333 e. The molecule has 3 aromatic rings. The van der Waals surface area contributed by atoms with Crippen molar-refractivity contribution in [2.24, 2.45) is 0 Å². The number of benzene rings is 1. The Labute approximate surface area is 146 Å². The number of hydrogen-bond donors (Lipinski definition) is 0. The molecule has 118 valence electrons. The molecule has 0 unspecified atom stereocenters. The second kappa shape index (κ2) is 6.64. The number of halogens is 1. The van der Waals surface area contributed by atoms with Gasteiger partial charge in [0.15, 0.2) is 5.69 Å². The molecule has 0 saturated heterocycles. The van der Waals surface area contributed by atoms with Gasteiger partial charge in [-0.2, -0.15) is 0 Å². The first-order valence-electron chi connectivity index (χ1n) is 7.05. The highest BCUT2D eigenvalue weighted by molar-refractivity contribution is 9.10. The number of carbonyl (C=O) groups is 1. The first-order valence-corrected chi connectivity index (χ1v) is 8.72. The summed E-state index contributed by atoms with van der Waals surface area (Å²) in [6.45, 7) is 2.00. The van der Waals surface area contributed by atoms with E-state index in [0.29, 0.717) is 5.69 Å².